The van der Waals surface area contributed by atoms with E-state index < -0.39 is 0 Å². The summed E-state index contributed by atoms with van der Waals surface area (Å²) in [6, 6.07) is 0. The van der Waals surface area contributed by atoms with Gasteiger partial charge in [0.1, 0.15) is 0 Å². The highest BCUT2D eigenvalue weighted by atomic mass is 14.8. The van der Waals surface area contributed by atoms with E-state index in [9.17, 15) is 0 Å². The lowest BCUT2D eigenvalue weighted by atomic mass is 9.89. The number of fused-ring (bicyclic) bond motifs is 1. The van der Waals surface area contributed by atoms with Gasteiger partial charge in [-0.1, -0.05) is 6.08 Å². The van der Waals surface area contributed by atoms with Crippen molar-refractivity contribution in [2.24, 2.45) is 0 Å². The monoisotopic (exact) mass is 134 g/mol. The third-order valence-corrected chi connectivity index (χ3v) is 2.24. The SMILES string of the molecule is C1=C2CCCCC2=C[N]C1. The highest BCUT2D eigenvalue weighted by Crippen LogP contribution is 2.29. The molecule has 0 spiro atoms. The molecule has 0 N–H and O–H groups in total. The highest BCUT2D eigenvalue weighted by Gasteiger charge is 2.12. The maximum absolute atomic E-state index is 4.22. The molecule has 2 aliphatic rings. The fraction of sp³-hybridized carbons (Fsp3) is 0.556. The van der Waals surface area contributed by atoms with Gasteiger partial charge in [-0.2, -0.15) is 0 Å². The lowest BCUT2D eigenvalue weighted by Gasteiger charge is -2.20. The van der Waals surface area contributed by atoms with Crippen LogP contribution in [0.5, 0.6) is 0 Å². The van der Waals surface area contributed by atoms with Gasteiger partial charge in [-0.15, -0.1) is 0 Å². The Hall–Kier alpha value is -0.720. The minimum atomic E-state index is 0.916. The predicted molar refractivity (Wildman–Crippen MR) is 41.6 cm³/mol. The summed E-state index contributed by atoms with van der Waals surface area (Å²) in [7, 11) is 0. The minimum Gasteiger partial charge on any atom is -0.289 e. The van der Waals surface area contributed by atoms with Gasteiger partial charge >= 0.3 is 0 Å². The Balaban J connectivity index is 2.19. The summed E-state index contributed by atoms with van der Waals surface area (Å²) < 4.78 is 0. The van der Waals surface area contributed by atoms with Crippen LogP contribution in [-0.2, 0) is 0 Å². The van der Waals surface area contributed by atoms with Gasteiger partial charge in [0.25, 0.3) is 0 Å². The van der Waals surface area contributed by atoms with Gasteiger partial charge in [0.15, 0.2) is 0 Å². The van der Waals surface area contributed by atoms with Gasteiger partial charge in [0.05, 0.1) is 6.54 Å². The van der Waals surface area contributed by atoms with Gasteiger partial charge in [0, 0.05) is 6.20 Å². The van der Waals surface area contributed by atoms with E-state index in [0.717, 1.165) is 6.54 Å². The molecular weight excluding hydrogens is 122 g/mol. The standard InChI is InChI=1S/C9H12N/c1-2-4-9-7-10-6-5-8(9)3-1/h5,7H,1-4,6H2. The van der Waals surface area contributed by atoms with Gasteiger partial charge < -0.3 is 0 Å². The molecule has 53 valence electrons. The first-order chi connectivity index (χ1) is 4.97. The zero-order chi connectivity index (χ0) is 6.81. The first-order valence-electron chi connectivity index (χ1n) is 4.02. The van der Waals surface area contributed by atoms with Crippen molar-refractivity contribution in [3.63, 3.8) is 0 Å². The van der Waals surface area contributed by atoms with E-state index >= 15 is 0 Å². The van der Waals surface area contributed by atoms with E-state index in [1.54, 1.807) is 5.57 Å². The molecule has 2 rings (SSSR count). The third kappa shape index (κ3) is 0.962. The zero-order valence-electron chi connectivity index (χ0n) is 6.14. The number of rotatable bonds is 0. The quantitative estimate of drug-likeness (QED) is 0.481. The van der Waals surface area contributed by atoms with Crippen molar-refractivity contribution >= 4 is 0 Å². The van der Waals surface area contributed by atoms with Crippen molar-refractivity contribution in [3.8, 4) is 0 Å². The summed E-state index contributed by atoms with van der Waals surface area (Å²) >= 11 is 0. The molecule has 0 amide bonds. The maximum atomic E-state index is 4.22. The largest absolute Gasteiger partial charge is 0.289 e. The van der Waals surface area contributed by atoms with Gasteiger partial charge in [0.2, 0.25) is 0 Å². The molecule has 1 fully saturated rings. The molecule has 1 aliphatic heterocycles. The van der Waals surface area contributed by atoms with E-state index in [4.69, 9.17) is 0 Å². The van der Waals surface area contributed by atoms with E-state index in [1.165, 1.54) is 31.3 Å². The lowest BCUT2D eigenvalue weighted by molar-refractivity contribution is 0.661. The van der Waals surface area contributed by atoms with Crippen molar-refractivity contribution in [2.75, 3.05) is 6.54 Å². The second kappa shape index (κ2) is 2.49. The summed E-state index contributed by atoms with van der Waals surface area (Å²) in [5.41, 5.74) is 3.07. The van der Waals surface area contributed by atoms with E-state index in [2.05, 4.69) is 17.6 Å². The molecule has 0 aromatic carbocycles. The van der Waals surface area contributed by atoms with Crippen molar-refractivity contribution in [3.05, 3.63) is 23.4 Å². The van der Waals surface area contributed by atoms with Crippen LogP contribution >= 0.6 is 0 Å². The smallest absolute Gasteiger partial charge is 0.0576 e. The molecule has 0 aromatic heterocycles. The zero-order valence-corrected chi connectivity index (χ0v) is 6.14. The van der Waals surface area contributed by atoms with Crippen molar-refractivity contribution in [1.82, 2.24) is 5.32 Å². The Morgan fingerprint density at radius 3 is 2.70 bits per heavy atom. The molecule has 1 nitrogen and oxygen atoms in total. The molecule has 0 unspecified atom stereocenters. The summed E-state index contributed by atoms with van der Waals surface area (Å²) in [5.74, 6) is 0. The van der Waals surface area contributed by atoms with Crippen LogP contribution in [0.4, 0.5) is 0 Å². The van der Waals surface area contributed by atoms with Gasteiger partial charge in [-0.25, -0.2) is 0 Å². The Kier molecular flexibility index (Phi) is 1.50. The molecule has 1 saturated carbocycles. The second-order valence-corrected chi connectivity index (χ2v) is 2.96. The molecule has 0 atom stereocenters. The molecule has 0 bridgehead atoms. The van der Waals surface area contributed by atoms with Crippen molar-refractivity contribution in [2.45, 2.75) is 25.7 Å². The first kappa shape index (κ1) is 6.02. The Morgan fingerprint density at radius 1 is 1.10 bits per heavy atom. The van der Waals surface area contributed by atoms with Crippen LogP contribution in [0.3, 0.4) is 0 Å². The second-order valence-electron chi connectivity index (χ2n) is 2.96. The lowest BCUT2D eigenvalue weighted by Crippen LogP contribution is -2.09. The van der Waals surface area contributed by atoms with E-state index in [-0.39, 0.29) is 0 Å². The van der Waals surface area contributed by atoms with Crippen LogP contribution in [0.25, 0.3) is 0 Å². The molecule has 1 heteroatoms. The van der Waals surface area contributed by atoms with Crippen LogP contribution < -0.4 is 5.32 Å². The number of nitrogens with zero attached hydrogens (tertiary/aromatic N) is 1. The van der Waals surface area contributed by atoms with Crippen LogP contribution in [0.1, 0.15) is 25.7 Å². The predicted octanol–water partition coefficient (Wildman–Crippen LogP) is 1.99. The Labute approximate surface area is 61.8 Å². The third-order valence-electron chi connectivity index (χ3n) is 2.24. The summed E-state index contributed by atoms with van der Waals surface area (Å²) in [6.45, 7) is 0.916. The molecule has 1 heterocycles. The fourth-order valence-electron chi connectivity index (χ4n) is 1.66. The van der Waals surface area contributed by atoms with Crippen LogP contribution in [0.2, 0.25) is 0 Å². The average molecular weight is 134 g/mol. The van der Waals surface area contributed by atoms with E-state index in [1.807, 2.05) is 0 Å². The topological polar surface area (TPSA) is 14.1 Å². The van der Waals surface area contributed by atoms with Crippen LogP contribution in [-0.4, -0.2) is 6.54 Å². The Morgan fingerprint density at radius 2 is 1.90 bits per heavy atom. The number of allylic oxidation sites excluding steroid dienone is 2. The van der Waals surface area contributed by atoms with E-state index in [0.29, 0.717) is 0 Å². The summed E-state index contributed by atoms with van der Waals surface area (Å²) in [5, 5.41) is 4.22. The van der Waals surface area contributed by atoms with Crippen molar-refractivity contribution in [1.29, 1.82) is 0 Å². The number of hydrogen-bond acceptors (Lipinski definition) is 0. The minimum absolute atomic E-state index is 0.916. The first-order valence-corrected chi connectivity index (χ1v) is 4.02. The van der Waals surface area contributed by atoms with Gasteiger partial charge in [-0.3, -0.25) is 5.32 Å². The summed E-state index contributed by atoms with van der Waals surface area (Å²) in [4.78, 5) is 0. The fourth-order valence-corrected chi connectivity index (χ4v) is 1.66. The average Bonchev–Trinajstić information content (AvgIpc) is 2.05. The van der Waals surface area contributed by atoms with Crippen molar-refractivity contribution < 1.29 is 0 Å². The molecule has 10 heavy (non-hydrogen) atoms. The van der Waals surface area contributed by atoms with Crippen LogP contribution in [0.15, 0.2) is 23.4 Å². The molecular formula is C9H12N. The molecule has 1 aliphatic carbocycles. The molecule has 0 saturated heterocycles. The van der Waals surface area contributed by atoms with Gasteiger partial charge in [-0.05, 0) is 36.8 Å². The molecule has 1 radical (unpaired) electrons. The van der Waals surface area contributed by atoms with Crippen LogP contribution in [0, 0.1) is 0 Å². The Bertz CT molecular complexity index is 167. The summed E-state index contributed by atoms with van der Waals surface area (Å²) in [6.07, 6.45) is 9.63. The normalized spacial score (nSPS) is 24.0. The maximum Gasteiger partial charge on any atom is 0.0576 e. The highest BCUT2D eigenvalue weighted by molar-refractivity contribution is 5.34. The molecule has 0 aromatic rings. The number of hydrogen-bond donors (Lipinski definition) is 0.